The molecule has 0 spiro atoms. The predicted octanol–water partition coefficient (Wildman–Crippen LogP) is 4.34. The number of thiophene rings is 1. The zero-order valence-corrected chi connectivity index (χ0v) is 18.8. The summed E-state index contributed by atoms with van der Waals surface area (Å²) in [5.41, 5.74) is 2.05. The maximum absolute atomic E-state index is 12.5. The van der Waals surface area contributed by atoms with Crippen LogP contribution in [-0.2, 0) is 6.54 Å². The molecular formula is C24H24N4O3S. The minimum atomic E-state index is -0.103. The average Bonchev–Trinajstić information content (AvgIpc) is 3.50. The minimum Gasteiger partial charge on any atom is -0.497 e. The summed E-state index contributed by atoms with van der Waals surface area (Å²) >= 11 is 1.34. The van der Waals surface area contributed by atoms with Crippen molar-refractivity contribution in [2.75, 3.05) is 27.2 Å². The Labute approximate surface area is 190 Å². The zero-order chi connectivity index (χ0) is 22.3. The van der Waals surface area contributed by atoms with Gasteiger partial charge < -0.3 is 19.5 Å². The summed E-state index contributed by atoms with van der Waals surface area (Å²) < 4.78 is 10.6. The number of likely N-dealkylation sites (N-methyl/N-ethyl adjacent to an activating group) is 1. The lowest BCUT2D eigenvalue weighted by molar-refractivity contribution is 0.0953. The molecule has 4 rings (SSSR count). The van der Waals surface area contributed by atoms with E-state index in [1.807, 2.05) is 55.6 Å². The molecule has 164 valence electrons. The third kappa shape index (κ3) is 5.40. The molecule has 32 heavy (non-hydrogen) atoms. The quantitative estimate of drug-likeness (QED) is 0.410. The molecule has 1 amide bonds. The first kappa shape index (κ1) is 21.7. The van der Waals surface area contributed by atoms with Crippen LogP contribution in [0.2, 0.25) is 0 Å². The monoisotopic (exact) mass is 448 g/mol. The van der Waals surface area contributed by atoms with E-state index < -0.39 is 0 Å². The van der Waals surface area contributed by atoms with Crippen LogP contribution in [0.5, 0.6) is 5.75 Å². The van der Waals surface area contributed by atoms with E-state index in [2.05, 4.69) is 32.5 Å². The van der Waals surface area contributed by atoms with E-state index in [0.717, 1.165) is 29.3 Å². The van der Waals surface area contributed by atoms with Crippen molar-refractivity contribution in [1.29, 1.82) is 0 Å². The summed E-state index contributed by atoms with van der Waals surface area (Å²) in [7, 11) is 3.66. The minimum absolute atomic E-state index is 0.103. The summed E-state index contributed by atoms with van der Waals surface area (Å²) in [6.07, 6.45) is 0. The number of rotatable bonds is 9. The molecule has 2 aromatic carbocycles. The van der Waals surface area contributed by atoms with Gasteiger partial charge in [-0.1, -0.05) is 35.5 Å². The molecule has 0 aliphatic heterocycles. The predicted molar refractivity (Wildman–Crippen MR) is 125 cm³/mol. The number of hydrogen-bond donors (Lipinski definition) is 1. The summed E-state index contributed by atoms with van der Waals surface area (Å²) in [4.78, 5) is 20.5. The maximum atomic E-state index is 12.5. The highest BCUT2D eigenvalue weighted by Crippen LogP contribution is 2.28. The lowest BCUT2D eigenvalue weighted by Crippen LogP contribution is -2.32. The molecule has 0 saturated heterocycles. The number of methoxy groups -OCH3 is 1. The van der Waals surface area contributed by atoms with E-state index in [9.17, 15) is 4.79 Å². The number of amides is 1. The molecule has 0 radical (unpaired) electrons. The Morgan fingerprint density at radius 3 is 2.62 bits per heavy atom. The Morgan fingerprint density at radius 2 is 1.88 bits per heavy atom. The van der Waals surface area contributed by atoms with Crippen LogP contribution in [0.3, 0.4) is 0 Å². The maximum Gasteiger partial charge on any atom is 0.261 e. The molecule has 0 atom stereocenters. The lowest BCUT2D eigenvalue weighted by atomic mass is 10.2. The van der Waals surface area contributed by atoms with Gasteiger partial charge in [-0.2, -0.15) is 4.98 Å². The van der Waals surface area contributed by atoms with Gasteiger partial charge in [0.15, 0.2) is 0 Å². The van der Waals surface area contributed by atoms with Crippen molar-refractivity contribution in [1.82, 2.24) is 20.4 Å². The van der Waals surface area contributed by atoms with Crippen LogP contribution in [-0.4, -0.2) is 48.2 Å². The number of hydrogen-bond acceptors (Lipinski definition) is 7. The van der Waals surface area contributed by atoms with Crippen LogP contribution in [0, 0.1) is 0 Å². The number of carbonyl (C=O) groups is 1. The number of benzene rings is 2. The van der Waals surface area contributed by atoms with E-state index in [1.165, 1.54) is 16.9 Å². The van der Waals surface area contributed by atoms with Gasteiger partial charge in [-0.15, -0.1) is 11.3 Å². The zero-order valence-electron chi connectivity index (χ0n) is 17.9. The van der Waals surface area contributed by atoms with Gasteiger partial charge in [0.2, 0.25) is 5.82 Å². The Kier molecular flexibility index (Phi) is 6.94. The van der Waals surface area contributed by atoms with Crippen LogP contribution in [0.4, 0.5) is 0 Å². The van der Waals surface area contributed by atoms with Crippen molar-refractivity contribution in [3.05, 3.63) is 77.2 Å². The van der Waals surface area contributed by atoms with Gasteiger partial charge in [-0.3, -0.25) is 4.79 Å². The number of ether oxygens (including phenoxy) is 1. The molecule has 8 heteroatoms. The van der Waals surface area contributed by atoms with Crippen molar-refractivity contribution < 1.29 is 14.1 Å². The molecule has 0 aliphatic carbocycles. The summed E-state index contributed by atoms with van der Waals surface area (Å²) in [6.45, 7) is 2.17. The Bertz CT molecular complexity index is 1160. The van der Waals surface area contributed by atoms with Gasteiger partial charge in [0.05, 0.1) is 16.9 Å². The van der Waals surface area contributed by atoms with E-state index in [-0.39, 0.29) is 5.91 Å². The highest BCUT2D eigenvalue weighted by atomic mass is 32.1. The van der Waals surface area contributed by atoms with Crippen LogP contribution in [0.15, 0.2) is 71.3 Å². The summed E-state index contributed by atoms with van der Waals surface area (Å²) in [6, 6.07) is 21.3. The van der Waals surface area contributed by atoms with Crippen molar-refractivity contribution in [3.63, 3.8) is 0 Å². The van der Waals surface area contributed by atoms with E-state index in [1.54, 1.807) is 13.2 Å². The largest absolute Gasteiger partial charge is 0.497 e. The first-order chi connectivity index (χ1) is 15.6. The first-order valence-corrected chi connectivity index (χ1v) is 11.0. The molecule has 2 heterocycles. The molecule has 0 fully saturated rings. The fraction of sp³-hybridized carbons (Fsp3) is 0.208. The molecule has 4 aromatic rings. The van der Waals surface area contributed by atoms with Crippen molar-refractivity contribution in [2.24, 2.45) is 0 Å². The Balaban J connectivity index is 1.31. The number of carbonyl (C=O) groups excluding carboxylic acids is 1. The number of nitrogens with zero attached hydrogens (tertiary/aromatic N) is 3. The second-order valence-electron chi connectivity index (χ2n) is 7.29. The summed E-state index contributed by atoms with van der Waals surface area (Å²) in [5, 5.41) is 7.03. The molecule has 0 bridgehead atoms. The Hall–Kier alpha value is -3.49. The molecule has 1 N–H and O–H groups in total. The van der Waals surface area contributed by atoms with Gasteiger partial charge in [0, 0.05) is 25.2 Å². The fourth-order valence-corrected chi connectivity index (χ4v) is 4.02. The smallest absolute Gasteiger partial charge is 0.261 e. The second kappa shape index (κ2) is 10.2. The van der Waals surface area contributed by atoms with Crippen LogP contribution in [0.1, 0.15) is 15.2 Å². The molecule has 0 saturated carbocycles. The van der Waals surface area contributed by atoms with Crippen molar-refractivity contribution in [2.45, 2.75) is 6.54 Å². The average molecular weight is 449 g/mol. The molecule has 0 aliphatic rings. The lowest BCUT2D eigenvalue weighted by Gasteiger charge is -2.16. The van der Waals surface area contributed by atoms with Crippen LogP contribution in [0.25, 0.3) is 22.2 Å². The molecular weight excluding hydrogens is 424 g/mol. The van der Waals surface area contributed by atoms with E-state index in [4.69, 9.17) is 9.26 Å². The van der Waals surface area contributed by atoms with Crippen molar-refractivity contribution >= 4 is 17.2 Å². The van der Waals surface area contributed by atoms with Crippen LogP contribution >= 0.6 is 11.3 Å². The Morgan fingerprint density at radius 1 is 1.09 bits per heavy atom. The second-order valence-corrected chi connectivity index (χ2v) is 8.38. The van der Waals surface area contributed by atoms with Gasteiger partial charge in [0.25, 0.3) is 11.8 Å². The number of nitrogens with one attached hydrogen (secondary N) is 1. The SMILES string of the molecule is COc1ccc(-c2nc(-c3ccc(C(=O)NCCN(C)Cc4ccccc4)s3)no2)cc1. The molecule has 7 nitrogen and oxygen atoms in total. The van der Waals surface area contributed by atoms with Crippen LogP contribution < -0.4 is 10.1 Å². The first-order valence-electron chi connectivity index (χ1n) is 10.2. The third-order valence-corrected chi connectivity index (χ3v) is 5.97. The van der Waals surface area contributed by atoms with E-state index in [0.29, 0.717) is 23.1 Å². The standard InChI is InChI=1S/C24H24N4O3S/c1-28(16-17-6-4-3-5-7-17)15-14-25-23(29)21-13-12-20(32-21)22-26-24(31-27-22)18-8-10-19(30-2)11-9-18/h3-13H,14-16H2,1-2H3,(H,25,29). The fourth-order valence-electron chi connectivity index (χ4n) is 3.18. The summed E-state index contributed by atoms with van der Waals surface area (Å²) in [5.74, 6) is 1.54. The normalized spacial score (nSPS) is 11.0. The highest BCUT2D eigenvalue weighted by Gasteiger charge is 2.15. The topological polar surface area (TPSA) is 80.5 Å². The van der Waals surface area contributed by atoms with Gasteiger partial charge in [-0.05, 0) is 49.0 Å². The van der Waals surface area contributed by atoms with Gasteiger partial charge >= 0.3 is 0 Å². The molecule has 0 unspecified atom stereocenters. The molecule has 2 aromatic heterocycles. The van der Waals surface area contributed by atoms with Crippen molar-refractivity contribution in [3.8, 4) is 27.9 Å². The van der Waals surface area contributed by atoms with Gasteiger partial charge in [0.1, 0.15) is 5.75 Å². The highest BCUT2D eigenvalue weighted by molar-refractivity contribution is 7.17. The van der Waals surface area contributed by atoms with Gasteiger partial charge in [-0.25, -0.2) is 0 Å². The third-order valence-electron chi connectivity index (χ3n) is 4.89. The number of aromatic nitrogens is 2. The van der Waals surface area contributed by atoms with E-state index >= 15 is 0 Å².